The Hall–Kier alpha value is -4.11. The van der Waals surface area contributed by atoms with E-state index in [0.717, 1.165) is 10.0 Å². The highest BCUT2D eigenvalue weighted by Gasteiger charge is 2.16. The number of hydrogen-bond donors (Lipinski definition) is 2. The Morgan fingerprint density at radius 1 is 1.08 bits per heavy atom. The van der Waals surface area contributed by atoms with Crippen LogP contribution in [0.3, 0.4) is 0 Å². The zero-order chi connectivity index (χ0) is 25.3. The molecule has 184 valence electrons. The summed E-state index contributed by atoms with van der Waals surface area (Å²) in [5, 5.41) is 5.58. The van der Waals surface area contributed by atoms with Crippen LogP contribution in [0.25, 0.3) is 17.4 Å². The van der Waals surface area contributed by atoms with E-state index in [1.807, 2.05) is 41.1 Å². The maximum Gasteiger partial charge on any atom is 0.267 e. The standard InChI is InChI=1S/C27H25BrN4O4/c1-35-22-9-5-20(6-10-22)26(33)31-24(27(34)30-13-2-15-32-16-14-29-18-32)17-23-11-12-25(36-23)19-3-7-21(28)8-4-19/h3-12,14,16-18H,2,13,15H2,1H3,(H,30,34)(H,31,33)/b24-17-. The lowest BCUT2D eigenvalue weighted by molar-refractivity contribution is -0.117. The number of imidazole rings is 1. The van der Waals surface area contributed by atoms with Crippen LogP contribution in [-0.4, -0.2) is 35.0 Å². The van der Waals surface area contributed by atoms with Crippen LogP contribution in [0.4, 0.5) is 0 Å². The van der Waals surface area contributed by atoms with Crippen LogP contribution in [0.2, 0.25) is 0 Å². The first kappa shape index (κ1) is 25.0. The zero-order valence-corrected chi connectivity index (χ0v) is 21.2. The molecule has 4 rings (SSSR count). The van der Waals surface area contributed by atoms with Gasteiger partial charge in [-0.25, -0.2) is 4.98 Å². The number of carbonyl (C=O) groups is 2. The Bertz CT molecular complexity index is 1330. The van der Waals surface area contributed by atoms with Crippen molar-refractivity contribution in [2.75, 3.05) is 13.7 Å². The van der Waals surface area contributed by atoms with Gasteiger partial charge in [0.2, 0.25) is 0 Å². The van der Waals surface area contributed by atoms with E-state index >= 15 is 0 Å². The minimum absolute atomic E-state index is 0.0788. The molecule has 0 aliphatic heterocycles. The van der Waals surface area contributed by atoms with Crippen molar-refractivity contribution in [2.45, 2.75) is 13.0 Å². The van der Waals surface area contributed by atoms with Crippen molar-refractivity contribution in [1.82, 2.24) is 20.2 Å². The third kappa shape index (κ3) is 6.73. The number of aryl methyl sites for hydroxylation is 1. The smallest absolute Gasteiger partial charge is 0.267 e. The lowest BCUT2D eigenvalue weighted by Crippen LogP contribution is -2.35. The monoisotopic (exact) mass is 548 g/mol. The molecule has 0 spiro atoms. The molecule has 0 aliphatic rings. The molecule has 0 bridgehead atoms. The van der Waals surface area contributed by atoms with E-state index in [4.69, 9.17) is 9.15 Å². The second kappa shape index (κ2) is 12.0. The average Bonchev–Trinajstić information content (AvgIpc) is 3.59. The maximum absolute atomic E-state index is 13.0. The molecule has 0 saturated heterocycles. The molecule has 0 unspecified atom stereocenters. The molecule has 0 aliphatic carbocycles. The van der Waals surface area contributed by atoms with Crippen molar-refractivity contribution in [3.8, 4) is 17.1 Å². The quantitative estimate of drug-likeness (QED) is 0.217. The topological polar surface area (TPSA) is 98.4 Å². The van der Waals surface area contributed by atoms with Crippen molar-refractivity contribution < 1.29 is 18.7 Å². The molecular formula is C27H25BrN4O4. The molecule has 2 amide bonds. The van der Waals surface area contributed by atoms with Gasteiger partial charge in [0.05, 0.1) is 13.4 Å². The zero-order valence-electron chi connectivity index (χ0n) is 19.6. The van der Waals surface area contributed by atoms with Crippen molar-refractivity contribution >= 4 is 33.8 Å². The van der Waals surface area contributed by atoms with Crippen LogP contribution in [0.1, 0.15) is 22.5 Å². The predicted octanol–water partition coefficient (Wildman–Crippen LogP) is 4.89. The number of furan rings is 1. The Morgan fingerprint density at radius 3 is 2.56 bits per heavy atom. The lowest BCUT2D eigenvalue weighted by Gasteiger charge is -2.11. The number of benzene rings is 2. The molecular weight excluding hydrogens is 524 g/mol. The molecule has 2 N–H and O–H groups in total. The molecule has 0 radical (unpaired) electrons. The minimum Gasteiger partial charge on any atom is -0.497 e. The highest BCUT2D eigenvalue weighted by atomic mass is 79.9. The highest BCUT2D eigenvalue weighted by molar-refractivity contribution is 9.10. The molecule has 2 heterocycles. The van der Waals surface area contributed by atoms with Crippen molar-refractivity contribution in [2.24, 2.45) is 0 Å². The van der Waals surface area contributed by atoms with Gasteiger partial charge in [0.25, 0.3) is 11.8 Å². The van der Waals surface area contributed by atoms with E-state index in [9.17, 15) is 9.59 Å². The van der Waals surface area contributed by atoms with Gasteiger partial charge in [0.1, 0.15) is 23.0 Å². The molecule has 0 fully saturated rings. The summed E-state index contributed by atoms with van der Waals surface area (Å²) < 4.78 is 14.0. The molecule has 0 saturated carbocycles. The number of nitrogens with one attached hydrogen (secondary N) is 2. The van der Waals surface area contributed by atoms with Gasteiger partial charge in [-0.05, 0) is 55.0 Å². The second-order valence-electron chi connectivity index (χ2n) is 7.86. The first-order valence-electron chi connectivity index (χ1n) is 11.3. The van der Waals surface area contributed by atoms with Crippen LogP contribution in [0.5, 0.6) is 5.75 Å². The first-order valence-corrected chi connectivity index (χ1v) is 12.1. The molecule has 4 aromatic rings. The summed E-state index contributed by atoms with van der Waals surface area (Å²) in [5.74, 6) is 0.886. The summed E-state index contributed by atoms with van der Waals surface area (Å²) in [5.41, 5.74) is 1.37. The van der Waals surface area contributed by atoms with Crippen LogP contribution in [0.15, 0.2) is 94.0 Å². The van der Waals surface area contributed by atoms with Gasteiger partial charge in [0.15, 0.2) is 0 Å². The van der Waals surface area contributed by atoms with Gasteiger partial charge in [0, 0.05) is 47.2 Å². The minimum atomic E-state index is -0.419. The SMILES string of the molecule is COc1ccc(C(=O)N/C(=C\c2ccc(-c3ccc(Br)cc3)o2)C(=O)NCCCn2ccnc2)cc1. The number of rotatable bonds is 10. The summed E-state index contributed by atoms with van der Waals surface area (Å²) >= 11 is 3.42. The third-order valence-corrected chi connectivity index (χ3v) is 5.85. The fourth-order valence-electron chi connectivity index (χ4n) is 3.42. The third-order valence-electron chi connectivity index (χ3n) is 5.32. The van der Waals surface area contributed by atoms with E-state index in [2.05, 4.69) is 31.5 Å². The van der Waals surface area contributed by atoms with Gasteiger partial charge in [-0.2, -0.15) is 0 Å². The number of nitrogens with zero attached hydrogens (tertiary/aromatic N) is 2. The normalized spacial score (nSPS) is 11.2. The van der Waals surface area contributed by atoms with Crippen LogP contribution >= 0.6 is 15.9 Å². The average molecular weight is 549 g/mol. The van der Waals surface area contributed by atoms with Gasteiger partial charge in [-0.1, -0.05) is 28.1 Å². The number of carbonyl (C=O) groups excluding carboxylic acids is 2. The van der Waals surface area contributed by atoms with E-state index in [0.29, 0.717) is 42.3 Å². The number of ether oxygens (including phenoxy) is 1. The summed E-state index contributed by atoms with van der Waals surface area (Å²) in [4.78, 5) is 29.9. The summed E-state index contributed by atoms with van der Waals surface area (Å²) in [7, 11) is 1.55. The first-order chi connectivity index (χ1) is 17.5. The maximum atomic E-state index is 13.0. The number of methoxy groups -OCH3 is 1. The Kier molecular flexibility index (Phi) is 8.36. The van der Waals surface area contributed by atoms with Crippen molar-refractivity contribution in [3.63, 3.8) is 0 Å². The molecule has 0 atom stereocenters. The Balaban J connectivity index is 1.50. The Labute approximate surface area is 217 Å². The van der Waals surface area contributed by atoms with Crippen molar-refractivity contribution in [3.05, 3.63) is 101 Å². The summed E-state index contributed by atoms with van der Waals surface area (Å²) in [6, 6.07) is 17.9. The summed E-state index contributed by atoms with van der Waals surface area (Å²) in [6.07, 6.45) is 7.52. The number of hydrogen-bond acceptors (Lipinski definition) is 5. The van der Waals surface area contributed by atoms with Crippen molar-refractivity contribution in [1.29, 1.82) is 0 Å². The van der Waals surface area contributed by atoms with E-state index in [1.165, 1.54) is 6.08 Å². The van der Waals surface area contributed by atoms with Gasteiger partial charge >= 0.3 is 0 Å². The second-order valence-corrected chi connectivity index (χ2v) is 8.78. The lowest BCUT2D eigenvalue weighted by atomic mass is 10.2. The summed E-state index contributed by atoms with van der Waals surface area (Å²) in [6.45, 7) is 1.14. The molecule has 9 heteroatoms. The van der Waals surface area contributed by atoms with Crippen LogP contribution in [0, 0.1) is 0 Å². The van der Waals surface area contributed by atoms with Gasteiger partial charge in [-0.15, -0.1) is 0 Å². The molecule has 2 aromatic carbocycles. The fraction of sp³-hybridized carbons (Fsp3) is 0.148. The van der Waals surface area contributed by atoms with Crippen LogP contribution in [-0.2, 0) is 11.3 Å². The van der Waals surface area contributed by atoms with E-state index in [1.54, 1.807) is 50.0 Å². The van der Waals surface area contributed by atoms with Crippen LogP contribution < -0.4 is 15.4 Å². The number of amides is 2. The van der Waals surface area contributed by atoms with Gasteiger partial charge in [-0.3, -0.25) is 9.59 Å². The highest BCUT2D eigenvalue weighted by Crippen LogP contribution is 2.25. The molecule has 8 nitrogen and oxygen atoms in total. The number of aromatic nitrogens is 2. The molecule has 36 heavy (non-hydrogen) atoms. The molecule has 2 aromatic heterocycles. The largest absolute Gasteiger partial charge is 0.497 e. The van der Waals surface area contributed by atoms with E-state index in [-0.39, 0.29) is 5.70 Å². The fourth-order valence-corrected chi connectivity index (χ4v) is 3.68. The van der Waals surface area contributed by atoms with E-state index < -0.39 is 11.8 Å². The van der Waals surface area contributed by atoms with Gasteiger partial charge < -0.3 is 24.4 Å². The number of halogens is 1. The predicted molar refractivity (Wildman–Crippen MR) is 140 cm³/mol. The Morgan fingerprint density at radius 2 is 1.86 bits per heavy atom.